The van der Waals surface area contributed by atoms with Crippen LogP contribution in [0.15, 0.2) is 58.4 Å². The van der Waals surface area contributed by atoms with Gasteiger partial charge in [-0.25, -0.2) is 0 Å². The minimum atomic E-state index is -0.466. The summed E-state index contributed by atoms with van der Waals surface area (Å²) in [7, 11) is 0. The summed E-state index contributed by atoms with van der Waals surface area (Å²) in [4.78, 5) is 35.0. The molecule has 36 heavy (non-hydrogen) atoms. The van der Waals surface area contributed by atoms with Crippen LogP contribution < -0.4 is 16.9 Å². The van der Waals surface area contributed by atoms with E-state index in [1.165, 1.54) is 37.8 Å². The first kappa shape index (κ1) is 23.8. The Balaban J connectivity index is 0.000000149. The molecule has 0 aliphatic heterocycles. The fraction of sp³-hybridized carbons (Fsp3) is 0.357. The maximum absolute atomic E-state index is 12.4. The standard InChI is InChI=1S/C14H14N2O3.C14H16N2O/c1-9-7-15(8-10-2-3-10)14(17)13-6-11(16(18)19)4-5-12(9)13;1-9-7-16(8-10-5-6-10)14(17)11-3-2-4-12(15)13(9)11/h4-7,10H,2-3,8H2,1H3;2-4,7,10H,5-6,8,15H2,1H3. The number of benzene rings is 2. The predicted molar refractivity (Wildman–Crippen MR) is 142 cm³/mol. The van der Waals surface area contributed by atoms with Crippen molar-refractivity contribution in [1.82, 2.24) is 9.13 Å². The number of nitrogen functional groups attached to an aromatic ring is 1. The number of hydrogen-bond donors (Lipinski definition) is 1. The second kappa shape index (κ2) is 9.26. The van der Waals surface area contributed by atoms with Crippen molar-refractivity contribution >= 4 is 32.9 Å². The van der Waals surface area contributed by atoms with Gasteiger partial charge in [0.05, 0.1) is 10.3 Å². The van der Waals surface area contributed by atoms with Crippen LogP contribution >= 0.6 is 0 Å². The van der Waals surface area contributed by atoms with Gasteiger partial charge in [0.2, 0.25) is 0 Å². The number of nitro groups is 1. The predicted octanol–water partition coefficient (Wildman–Crippen LogP) is 4.93. The average molecular weight is 487 g/mol. The van der Waals surface area contributed by atoms with E-state index in [2.05, 4.69) is 0 Å². The monoisotopic (exact) mass is 486 g/mol. The second-order valence-corrected chi connectivity index (χ2v) is 10.2. The van der Waals surface area contributed by atoms with Crippen molar-refractivity contribution in [2.45, 2.75) is 52.6 Å². The first-order valence-electron chi connectivity index (χ1n) is 12.4. The quantitative estimate of drug-likeness (QED) is 0.244. The van der Waals surface area contributed by atoms with E-state index in [4.69, 9.17) is 5.73 Å². The minimum absolute atomic E-state index is 0.0341. The first-order chi connectivity index (χ1) is 17.2. The molecule has 0 radical (unpaired) electrons. The summed E-state index contributed by atoms with van der Waals surface area (Å²) in [5.41, 5.74) is 8.62. The van der Waals surface area contributed by atoms with Crippen LogP contribution in [0.3, 0.4) is 0 Å². The van der Waals surface area contributed by atoms with E-state index in [0.717, 1.165) is 40.4 Å². The highest BCUT2D eigenvalue weighted by Gasteiger charge is 2.23. The maximum Gasteiger partial charge on any atom is 0.270 e. The van der Waals surface area contributed by atoms with Crippen LogP contribution in [0.5, 0.6) is 0 Å². The molecule has 4 aromatic rings. The molecule has 2 aromatic carbocycles. The van der Waals surface area contributed by atoms with Crippen LogP contribution in [0.2, 0.25) is 0 Å². The lowest BCUT2D eigenvalue weighted by atomic mass is 10.1. The van der Waals surface area contributed by atoms with Gasteiger partial charge in [-0.05, 0) is 86.1 Å². The fourth-order valence-electron chi connectivity index (χ4n) is 4.81. The number of nitrogens with two attached hydrogens (primary N) is 1. The number of nitrogens with zero attached hydrogens (tertiary/aromatic N) is 3. The van der Waals surface area contributed by atoms with E-state index in [0.29, 0.717) is 22.9 Å². The van der Waals surface area contributed by atoms with Crippen LogP contribution in [0, 0.1) is 35.8 Å². The third-order valence-corrected chi connectivity index (χ3v) is 7.11. The Bertz CT molecular complexity index is 1610. The van der Waals surface area contributed by atoms with Gasteiger partial charge in [0.1, 0.15) is 0 Å². The molecule has 2 aromatic heterocycles. The number of non-ortho nitro benzene ring substituents is 1. The Morgan fingerprint density at radius 3 is 2.03 bits per heavy atom. The molecule has 2 heterocycles. The number of pyridine rings is 2. The average Bonchev–Trinajstić information content (AvgIpc) is 3.78. The molecule has 8 heteroatoms. The molecule has 0 spiro atoms. The highest BCUT2D eigenvalue weighted by atomic mass is 16.6. The van der Waals surface area contributed by atoms with E-state index >= 15 is 0 Å². The van der Waals surface area contributed by atoms with Crippen molar-refractivity contribution in [1.29, 1.82) is 0 Å². The summed E-state index contributed by atoms with van der Waals surface area (Å²) < 4.78 is 3.54. The summed E-state index contributed by atoms with van der Waals surface area (Å²) in [5, 5.41) is 13.7. The molecule has 0 amide bonds. The lowest BCUT2D eigenvalue weighted by Crippen LogP contribution is -2.21. The molecular weight excluding hydrogens is 456 g/mol. The third-order valence-electron chi connectivity index (χ3n) is 7.11. The Morgan fingerprint density at radius 1 is 0.861 bits per heavy atom. The van der Waals surface area contributed by atoms with Crippen LogP contribution in [0.4, 0.5) is 11.4 Å². The second-order valence-electron chi connectivity index (χ2n) is 10.2. The summed E-state index contributed by atoms with van der Waals surface area (Å²) in [6, 6.07) is 10.0. The highest BCUT2D eigenvalue weighted by Crippen LogP contribution is 2.31. The Hall–Kier alpha value is -3.94. The van der Waals surface area contributed by atoms with Gasteiger partial charge in [0.25, 0.3) is 16.8 Å². The van der Waals surface area contributed by atoms with E-state index in [-0.39, 0.29) is 16.8 Å². The smallest absolute Gasteiger partial charge is 0.270 e. The number of anilines is 1. The fourth-order valence-corrected chi connectivity index (χ4v) is 4.81. The van der Waals surface area contributed by atoms with E-state index in [1.54, 1.807) is 10.6 Å². The first-order valence-corrected chi connectivity index (χ1v) is 12.4. The van der Waals surface area contributed by atoms with Gasteiger partial charge in [0, 0.05) is 54.1 Å². The summed E-state index contributed by atoms with van der Waals surface area (Å²) in [6.45, 7) is 5.52. The van der Waals surface area contributed by atoms with Crippen molar-refractivity contribution in [3.63, 3.8) is 0 Å². The molecular formula is C28H30N4O4. The molecule has 0 bridgehead atoms. The molecule has 0 saturated heterocycles. The summed E-state index contributed by atoms with van der Waals surface area (Å²) in [6.07, 6.45) is 8.63. The van der Waals surface area contributed by atoms with E-state index < -0.39 is 4.92 Å². The molecule has 2 aliphatic carbocycles. The van der Waals surface area contributed by atoms with Crippen molar-refractivity contribution in [3.8, 4) is 0 Å². The number of aryl methyl sites for hydroxylation is 2. The van der Waals surface area contributed by atoms with Gasteiger partial charge in [-0.15, -0.1) is 0 Å². The molecule has 2 saturated carbocycles. The molecule has 2 aliphatic rings. The Labute approximate surface area is 208 Å². The van der Waals surface area contributed by atoms with Gasteiger partial charge in [0.15, 0.2) is 0 Å². The third kappa shape index (κ3) is 4.76. The molecule has 0 unspecified atom stereocenters. The zero-order valence-corrected chi connectivity index (χ0v) is 20.6. The van der Waals surface area contributed by atoms with Crippen LogP contribution in [-0.2, 0) is 13.1 Å². The number of aromatic nitrogens is 2. The van der Waals surface area contributed by atoms with Crippen molar-refractivity contribution in [2.24, 2.45) is 11.8 Å². The number of hydrogen-bond acceptors (Lipinski definition) is 5. The topological polar surface area (TPSA) is 113 Å². The van der Waals surface area contributed by atoms with Gasteiger partial charge in [-0.1, -0.05) is 6.07 Å². The number of nitro benzene ring substituents is 1. The zero-order chi connectivity index (χ0) is 25.6. The molecule has 2 N–H and O–H groups in total. The molecule has 6 rings (SSSR count). The zero-order valence-electron chi connectivity index (χ0n) is 20.6. The van der Waals surface area contributed by atoms with E-state index in [9.17, 15) is 19.7 Å². The summed E-state index contributed by atoms with van der Waals surface area (Å²) in [5.74, 6) is 1.29. The normalized spacial score (nSPS) is 15.1. The maximum atomic E-state index is 12.4. The number of fused-ring (bicyclic) bond motifs is 2. The molecule has 2 fully saturated rings. The highest BCUT2D eigenvalue weighted by molar-refractivity contribution is 5.94. The summed E-state index contributed by atoms with van der Waals surface area (Å²) >= 11 is 0. The van der Waals surface area contributed by atoms with Gasteiger partial charge >= 0.3 is 0 Å². The van der Waals surface area contributed by atoms with Crippen molar-refractivity contribution in [2.75, 3.05) is 5.73 Å². The van der Waals surface area contributed by atoms with Gasteiger partial charge < -0.3 is 14.9 Å². The number of rotatable bonds is 5. The minimum Gasteiger partial charge on any atom is -0.398 e. The Morgan fingerprint density at radius 2 is 1.44 bits per heavy atom. The Kier molecular flexibility index (Phi) is 6.12. The molecule has 0 atom stereocenters. The SMILES string of the molecule is Cc1cn(CC2CC2)c(=O)c2cc([N+](=O)[O-])ccc12.Cc1cn(CC2CC2)c(=O)c2cccc(N)c12. The van der Waals surface area contributed by atoms with Gasteiger partial charge in [-0.3, -0.25) is 19.7 Å². The molecule has 186 valence electrons. The lowest BCUT2D eigenvalue weighted by molar-refractivity contribution is -0.384. The molecule has 8 nitrogen and oxygen atoms in total. The lowest BCUT2D eigenvalue weighted by Gasteiger charge is -2.10. The van der Waals surface area contributed by atoms with Crippen LogP contribution in [0.1, 0.15) is 36.8 Å². The van der Waals surface area contributed by atoms with Crippen molar-refractivity contribution < 1.29 is 4.92 Å². The van der Waals surface area contributed by atoms with Crippen LogP contribution in [0.25, 0.3) is 21.5 Å². The van der Waals surface area contributed by atoms with Crippen LogP contribution in [-0.4, -0.2) is 14.1 Å². The van der Waals surface area contributed by atoms with Gasteiger partial charge in [-0.2, -0.15) is 0 Å². The van der Waals surface area contributed by atoms with E-state index in [1.807, 2.05) is 49.0 Å². The largest absolute Gasteiger partial charge is 0.398 e. The van der Waals surface area contributed by atoms with Crippen molar-refractivity contribution in [3.05, 3.63) is 90.7 Å².